The highest BCUT2D eigenvalue weighted by Crippen LogP contribution is 2.43. The monoisotopic (exact) mass is 315 g/mol. The Morgan fingerprint density at radius 1 is 1.38 bits per heavy atom. The zero-order valence-corrected chi connectivity index (χ0v) is 13.3. The number of piperidine rings is 1. The molecule has 21 heavy (non-hydrogen) atoms. The summed E-state index contributed by atoms with van der Waals surface area (Å²) in [6.07, 6.45) is 6.23. The molecule has 120 valence electrons. The van der Waals surface area contributed by atoms with Gasteiger partial charge in [0.25, 0.3) is 0 Å². The second-order valence-corrected chi connectivity index (χ2v) is 8.71. The molecule has 5 nitrogen and oxygen atoms in total. The van der Waals surface area contributed by atoms with Gasteiger partial charge in [-0.15, -0.1) is 6.58 Å². The smallest absolute Gasteiger partial charge is 0.217 e. The van der Waals surface area contributed by atoms with Gasteiger partial charge in [-0.25, -0.2) is 12.7 Å². The Bertz CT molecular complexity index is 488. The van der Waals surface area contributed by atoms with Crippen LogP contribution in [0.2, 0.25) is 0 Å². The highest BCUT2D eigenvalue weighted by Gasteiger charge is 2.51. The molecule has 0 aromatic carbocycles. The topological polar surface area (TPSA) is 55.8 Å². The van der Waals surface area contributed by atoms with Crippen LogP contribution in [0.3, 0.4) is 0 Å². The van der Waals surface area contributed by atoms with Gasteiger partial charge in [-0.2, -0.15) is 0 Å². The molecule has 2 aliphatic heterocycles. The molecular weight excluding hydrogens is 290 g/mol. The fraction of sp³-hybridized carbons (Fsp3) is 0.867. The number of sulfonamides is 1. The molecule has 1 saturated carbocycles. The molecule has 0 aromatic rings. The zero-order chi connectivity index (χ0) is 14.9. The van der Waals surface area contributed by atoms with Crippen molar-refractivity contribution < 1.29 is 17.9 Å². The van der Waals surface area contributed by atoms with E-state index in [1.165, 1.54) is 0 Å². The van der Waals surface area contributed by atoms with Crippen molar-refractivity contribution in [1.29, 1.82) is 0 Å². The van der Waals surface area contributed by atoms with Crippen LogP contribution >= 0.6 is 0 Å². The minimum absolute atomic E-state index is 0.127. The van der Waals surface area contributed by atoms with E-state index in [1.807, 2.05) is 0 Å². The first-order valence-electron chi connectivity index (χ1n) is 7.88. The van der Waals surface area contributed by atoms with Crippen molar-refractivity contribution >= 4 is 10.0 Å². The fourth-order valence-corrected chi connectivity index (χ4v) is 5.55. The lowest BCUT2D eigenvalue weighted by Gasteiger charge is -2.49. The number of ether oxygens (including phenoxy) is 2. The molecule has 1 aliphatic carbocycles. The van der Waals surface area contributed by atoms with Crippen LogP contribution < -0.4 is 0 Å². The summed E-state index contributed by atoms with van der Waals surface area (Å²) in [6, 6.07) is 0. The molecule has 3 aliphatic rings. The van der Waals surface area contributed by atoms with E-state index in [1.54, 1.807) is 10.4 Å². The van der Waals surface area contributed by atoms with Crippen LogP contribution in [0.1, 0.15) is 32.1 Å². The van der Waals surface area contributed by atoms with Crippen molar-refractivity contribution in [2.24, 2.45) is 5.41 Å². The summed E-state index contributed by atoms with van der Waals surface area (Å²) in [6.45, 7) is 6.65. The first-order chi connectivity index (χ1) is 10.1. The minimum atomic E-state index is -3.11. The lowest BCUT2D eigenvalue weighted by Crippen LogP contribution is -2.58. The predicted molar refractivity (Wildman–Crippen MR) is 80.6 cm³/mol. The highest BCUT2D eigenvalue weighted by atomic mass is 32.2. The van der Waals surface area contributed by atoms with Gasteiger partial charge in [0.2, 0.25) is 10.0 Å². The third-order valence-electron chi connectivity index (χ3n) is 4.88. The summed E-state index contributed by atoms with van der Waals surface area (Å²) in [5, 5.41) is -0.135. The van der Waals surface area contributed by atoms with E-state index < -0.39 is 10.0 Å². The molecule has 0 unspecified atom stereocenters. The lowest BCUT2D eigenvalue weighted by molar-refractivity contribution is -0.140. The van der Waals surface area contributed by atoms with Gasteiger partial charge in [0.05, 0.1) is 24.6 Å². The summed E-state index contributed by atoms with van der Waals surface area (Å²) in [5.41, 5.74) is -0.179. The Balaban J connectivity index is 1.75. The van der Waals surface area contributed by atoms with Gasteiger partial charge in [-0.3, -0.25) is 0 Å². The van der Waals surface area contributed by atoms with E-state index in [4.69, 9.17) is 9.47 Å². The Morgan fingerprint density at radius 2 is 2.19 bits per heavy atom. The predicted octanol–water partition coefficient (Wildman–Crippen LogP) is 1.55. The van der Waals surface area contributed by atoms with Crippen molar-refractivity contribution in [2.45, 2.75) is 43.5 Å². The SMILES string of the molecule is C=CCOC[C@@]12CCCO[C@@H]1CCN(S(=O)(=O)C1CC1)C2. The standard InChI is InChI=1S/C15H25NO4S/c1-2-9-19-12-15-7-3-10-20-14(15)6-8-16(11-15)21(17,18)13-4-5-13/h2,13-14H,1,3-12H2/t14-,15+/m1/s1. The second kappa shape index (κ2) is 5.99. The molecule has 0 bridgehead atoms. The first-order valence-corrected chi connectivity index (χ1v) is 9.38. The zero-order valence-electron chi connectivity index (χ0n) is 12.5. The van der Waals surface area contributed by atoms with E-state index in [9.17, 15) is 8.42 Å². The van der Waals surface area contributed by atoms with E-state index in [0.717, 1.165) is 38.7 Å². The van der Waals surface area contributed by atoms with Crippen molar-refractivity contribution in [1.82, 2.24) is 4.31 Å². The van der Waals surface area contributed by atoms with Gasteiger partial charge in [-0.05, 0) is 32.1 Å². The van der Waals surface area contributed by atoms with Crippen LogP contribution in [-0.4, -0.2) is 57.0 Å². The Morgan fingerprint density at radius 3 is 2.90 bits per heavy atom. The van der Waals surface area contributed by atoms with E-state index in [2.05, 4.69) is 6.58 Å². The largest absolute Gasteiger partial charge is 0.377 e. The van der Waals surface area contributed by atoms with Gasteiger partial charge < -0.3 is 9.47 Å². The fourth-order valence-electron chi connectivity index (χ4n) is 3.60. The molecule has 0 spiro atoms. The van der Waals surface area contributed by atoms with Crippen LogP contribution in [0.25, 0.3) is 0 Å². The quantitative estimate of drug-likeness (QED) is 0.551. The number of rotatable bonds is 6. The number of hydrogen-bond acceptors (Lipinski definition) is 4. The van der Waals surface area contributed by atoms with Crippen LogP contribution in [0.5, 0.6) is 0 Å². The Kier molecular flexibility index (Phi) is 4.41. The molecule has 2 atom stereocenters. The Hall–Kier alpha value is -0.430. The molecule has 2 heterocycles. The normalized spacial score (nSPS) is 34.4. The van der Waals surface area contributed by atoms with E-state index in [0.29, 0.717) is 26.3 Å². The average molecular weight is 315 g/mol. The summed E-state index contributed by atoms with van der Waals surface area (Å²) >= 11 is 0. The van der Waals surface area contributed by atoms with Gasteiger partial charge in [0, 0.05) is 25.1 Å². The maximum Gasteiger partial charge on any atom is 0.217 e. The van der Waals surface area contributed by atoms with Crippen LogP contribution in [-0.2, 0) is 19.5 Å². The molecule has 0 radical (unpaired) electrons. The highest BCUT2D eigenvalue weighted by molar-refractivity contribution is 7.90. The van der Waals surface area contributed by atoms with Gasteiger partial charge in [0.1, 0.15) is 0 Å². The molecule has 0 N–H and O–H groups in total. The van der Waals surface area contributed by atoms with Crippen LogP contribution in [0.15, 0.2) is 12.7 Å². The molecule has 3 fully saturated rings. The van der Waals surface area contributed by atoms with Gasteiger partial charge >= 0.3 is 0 Å². The maximum absolute atomic E-state index is 12.5. The lowest BCUT2D eigenvalue weighted by atomic mass is 9.73. The van der Waals surface area contributed by atoms with Gasteiger partial charge in [0.15, 0.2) is 0 Å². The molecular formula is C15H25NO4S. The number of hydrogen-bond donors (Lipinski definition) is 0. The van der Waals surface area contributed by atoms with E-state index >= 15 is 0 Å². The Labute approximate surface area is 127 Å². The summed E-state index contributed by atoms with van der Waals surface area (Å²) < 4.78 is 38.4. The first kappa shape index (κ1) is 15.5. The second-order valence-electron chi connectivity index (χ2n) is 6.50. The molecule has 2 saturated heterocycles. The number of fused-ring (bicyclic) bond motifs is 1. The van der Waals surface area contributed by atoms with Gasteiger partial charge in [-0.1, -0.05) is 6.08 Å². The third kappa shape index (κ3) is 3.04. The number of nitrogens with zero attached hydrogens (tertiary/aromatic N) is 1. The summed E-state index contributed by atoms with van der Waals surface area (Å²) in [7, 11) is -3.11. The maximum atomic E-state index is 12.5. The summed E-state index contributed by atoms with van der Waals surface area (Å²) in [5.74, 6) is 0. The van der Waals surface area contributed by atoms with Crippen molar-refractivity contribution in [3.8, 4) is 0 Å². The molecule has 0 aromatic heterocycles. The van der Waals surface area contributed by atoms with Crippen molar-refractivity contribution in [2.75, 3.05) is 32.9 Å². The summed E-state index contributed by atoms with van der Waals surface area (Å²) in [4.78, 5) is 0. The van der Waals surface area contributed by atoms with Crippen LogP contribution in [0.4, 0.5) is 0 Å². The molecule has 6 heteroatoms. The average Bonchev–Trinajstić information content (AvgIpc) is 3.32. The molecule has 3 rings (SSSR count). The molecule has 0 amide bonds. The van der Waals surface area contributed by atoms with Crippen molar-refractivity contribution in [3.63, 3.8) is 0 Å². The minimum Gasteiger partial charge on any atom is -0.377 e. The van der Waals surface area contributed by atoms with Crippen LogP contribution in [0, 0.1) is 5.41 Å². The third-order valence-corrected chi connectivity index (χ3v) is 7.23. The van der Waals surface area contributed by atoms with E-state index in [-0.39, 0.29) is 16.8 Å². The van der Waals surface area contributed by atoms with Crippen molar-refractivity contribution in [3.05, 3.63) is 12.7 Å².